The summed E-state index contributed by atoms with van der Waals surface area (Å²) < 4.78 is 4.50. The van der Waals surface area contributed by atoms with Crippen molar-refractivity contribution in [2.24, 2.45) is 0 Å². The summed E-state index contributed by atoms with van der Waals surface area (Å²) in [6.45, 7) is 0.347. The predicted molar refractivity (Wildman–Crippen MR) is 69.9 cm³/mol. The summed E-state index contributed by atoms with van der Waals surface area (Å²) >= 11 is 0. The smallest absolute Gasteiger partial charge is 0.305 e. The molecule has 0 aliphatic carbocycles. The third-order valence-corrected chi connectivity index (χ3v) is 2.62. The molecule has 1 aromatic carbocycles. The van der Waals surface area contributed by atoms with Gasteiger partial charge in [-0.1, -0.05) is 30.3 Å². The van der Waals surface area contributed by atoms with Crippen LogP contribution in [0.15, 0.2) is 30.3 Å². The van der Waals surface area contributed by atoms with E-state index >= 15 is 0 Å². The van der Waals surface area contributed by atoms with Gasteiger partial charge in [0.25, 0.3) is 0 Å². The molecule has 1 rings (SSSR count). The van der Waals surface area contributed by atoms with Crippen LogP contribution in [0, 0.1) is 0 Å². The van der Waals surface area contributed by atoms with E-state index in [2.05, 4.69) is 4.74 Å². The Bertz CT molecular complexity index is 405. The highest BCUT2D eigenvalue weighted by molar-refractivity contribution is 5.76. The lowest BCUT2D eigenvalue weighted by Crippen LogP contribution is -2.26. The molecular formula is C14H19NO4. The van der Waals surface area contributed by atoms with E-state index in [4.69, 9.17) is 4.84 Å². The topological polar surface area (TPSA) is 55.8 Å². The van der Waals surface area contributed by atoms with E-state index < -0.39 is 0 Å². The van der Waals surface area contributed by atoms with Gasteiger partial charge in [0.15, 0.2) is 0 Å². The molecule has 0 saturated heterocycles. The number of esters is 1. The van der Waals surface area contributed by atoms with E-state index in [-0.39, 0.29) is 24.7 Å². The molecule has 0 aliphatic heterocycles. The van der Waals surface area contributed by atoms with E-state index in [0.717, 1.165) is 5.56 Å². The quantitative estimate of drug-likeness (QED) is 0.558. The van der Waals surface area contributed by atoms with Crippen LogP contribution in [0.5, 0.6) is 0 Å². The summed E-state index contributed by atoms with van der Waals surface area (Å²) in [6, 6.07) is 9.60. The third kappa shape index (κ3) is 6.01. The van der Waals surface area contributed by atoms with Gasteiger partial charge in [-0.25, -0.2) is 5.06 Å². The summed E-state index contributed by atoms with van der Waals surface area (Å²) in [5, 5.41) is 1.21. The second-order valence-corrected chi connectivity index (χ2v) is 4.08. The second-order valence-electron chi connectivity index (χ2n) is 4.08. The Balaban J connectivity index is 2.23. The molecule has 0 fully saturated rings. The molecule has 0 saturated carbocycles. The fraction of sp³-hybridized carbons (Fsp3) is 0.429. The Morgan fingerprint density at radius 3 is 2.47 bits per heavy atom. The van der Waals surface area contributed by atoms with Crippen molar-refractivity contribution >= 4 is 11.9 Å². The van der Waals surface area contributed by atoms with Crippen molar-refractivity contribution in [1.29, 1.82) is 0 Å². The molecule has 0 heterocycles. The van der Waals surface area contributed by atoms with Crippen LogP contribution in [0.4, 0.5) is 0 Å². The monoisotopic (exact) mass is 265 g/mol. The molecule has 104 valence electrons. The van der Waals surface area contributed by atoms with Crippen LogP contribution < -0.4 is 0 Å². The zero-order chi connectivity index (χ0) is 14.1. The molecule has 0 unspecified atom stereocenters. The number of hydrogen-bond acceptors (Lipinski definition) is 4. The number of rotatable bonds is 7. The van der Waals surface area contributed by atoms with Gasteiger partial charge in [0.05, 0.1) is 7.11 Å². The minimum Gasteiger partial charge on any atom is -0.469 e. The molecular weight excluding hydrogens is 246 g/mol. The largest absolute Gasteiger partial charge is 0.469 e. The van der Waals surface area contributed by atoms with Crippen LogP contribution in [0.1, 0.15) is 24.8 Å². The molecule has 0 aliphatic rings. The number of hydrogen-bond donors (Lipinski definition) is 0. The van der Waals surface area contributed by atoms with Crippen LogP contribution in [-0.2, 0) is 25.8 Å². The van der Waals surface area contributed by atoms with Crippen molar-refractivity contribution in [1.82, 2.24) is 5.06 Å². The fourth-order valence-corrected chi connectivity index (χ4v) is 1.46. The van der Waals surface area contributed by atoms with Gasteiger partial charge >= 0.3 is 5.97 Å². The molecule has 0 aromatic heterocycles. The van der Waals surface area contributed by atoms with Crippen LogP contribution in [-0.4, -0.2) is 31.1 Å². The van der Waals surface area contributed by atoms with Crippen molar-refractivity contribution < 1.29 is 19.2 Å². The first-order valence-corrected chi connectivity index (χ1v) is 6.13. The van der Waals surface area contributed by atoms with Gasteiger partial charge in [0, 0.05) is 19.9 Å². The van der Waals surface area contributed by atoms with Gasteiger partial charge in [-0.2, -0.15) is 0 Å². The molecule has 5 heteroatoms. The van der Waals surface area contributed by atoms with Crippen LogP contribution in [0.2, 0.25) is 0 Å². The van der Waals surface area contributed by atoms with E-state index in [1.165, 1.54) is 12.2 Å². The number of benzene rings is 1. The predicted octanol–water partition coefficient (Wildman–Crippen LogP) is 1.92. The average molecular weight is 265 g/mol. The Morgan fingerprint density at radius 1 is 1.16 bits per heavy atom. The number of ether oxygens (including phenoxy) is 1. The SMILES string of the molecule is COC(=O)CCCC(=O)N(C)OCc1ccccc1. The van der Waals surface area contributed by atoms with Crippen LogP contribution >= 0.6 is 0 Å². The summed E-state index contributed by atoms with van der Waals surface area (Å²) in [4.78, 5) is 27.9. The number of carbonyl (C=O) groups excluding carboxylic acids is 2. The Hall–Kier alpha value is -1.88. The lowest BCUT2D eigenvalue weighted by Gasteiger charge is -2.16. The van der Waals surface area contributed by atoms with Gasteiger partial charge in [0.1, 0.15) is 6.61 Å². The number of hydroxylamine groups is 2. The summed E-state index contributed by atoms with van der Waals surface area (Å²) in [5.74, 6) is -0.458. The van der Waals surface area contributed by atoms with Crippen LogP contribution in [0.25, 0.3) is 0 Å². The number of amides is 1. The normalized spacial score (nSPS) is 10.0. The van der Waals surface area contributed by atoms with Gasteiger partial charge in [-0.15, -0.1) is 0 Å². The molecule has 1 aromatic rings. The van der Waals surface area contributed by atoms with Gasteiger partial charge < -0.3 is 4.74 Å². The van der Waals surface area contributed by atoms with Gasteiger partial charge in [0.2, 0.25) is 5.91 Å². The highest BCUT2D eigenvalue weighted by atomic mass is 16.7. The third-order valence-electron chi connectivity index (χ3n) is 2.62. The fourth-order valence-electron chi connectivity index (χ4n) is 1.46. The minimum atomic E-state index is -0.305. The molecule has 0 atom stereocenters. The molecule has 0 spiro atoms. The first-order chi connectivity index (χ1) is 9.13. The maximum Gasteiger partial charge on any atom is 0.305 e. The van der Waals surface area contributed by atoms with Gasteiger partial charge in [-0.05, 0) is 12.0 Å². The summed E-state index contributed by atoms with van der Waals surface area (Å²) in [6.07, 6.45) is 0.972. The Morgan fingerprint density at radius 2 is 1.84 bits per heavy atom. The van der Waals surface area contributed by atoms with Crippen molar-refractivity contribution in [3.05, 3.63) is 35.9 Å². The lowest BCUT2D eigenvalue weighted by molar-refractivity contribution is -0.182. The highest BCUT2D eigenvalue weighted by Crippen LogP contribution is 2.05. The van der Waals surface area contributed by atoms with Crippen molar-refractivity contribution in [2.45, 2.75) is 25.9 Å². The zero-order valence-electron chi connectivity index (χ0n) is 11.3. The second kappa shape index (κ2) is 8.26. The lowest BCUT2D eigenvalue weighted by atomic mass is 10.2. The Labute approximate surface area is 113 Å². The van der Waals surface area contributed by atoms with E-state index in [1.807, 2.05) is 30.3 Å². The first-order valence-electron chi connectivity index (χ1n) is 6.13. The summed E-state index contributed by atoms with van der Waals surface area (Å²) in [5.41, 5.74) is 0.997. The molecule has 19 heavy (non-hydrogen) atoms. The Kier molecular flexibility index (Phi) is 6.60. The molecule has 0 N–H and O–H groups in total. The van der Waals surface area contributed by atoms with Crippen LogP contribution in [0.3, 0.4) is 0 Å². The minimum absolute atomic E-state index is 0.153. The van der Waals surface area contributed by atoms with Gasteiger partial charge in [-0.3, -0.25) is 14.4 Å². The number of carbonyl (C=O) groups is 2. The highest BCUT2D eigenvalue weighted by Gasteiger charge is 2.10. The zero-order valence-corrected chi connectivity index (χ0v) is 11.3. The maximum absolute atomic E-state index is 11.7. The van der Waals surface area contributed by atoms with Crippen molar-refractivity contribution in [3.63, 3.8) is 0 Å². The molecule has 5 nitrogen and oxygen atoms in total. The maximum atomic E-state index is 11.7. The standard InChI is InChI=1S/C14H19NO4/c1-15(13(16)9-6-10-14(17)18-2)19-11-12-7-4-3-5-8-12/h3-5,7-8H,6,9-11H2,1-2H3. The summed E-state index contributed by atoms with van der Waals surface area (Å²) in [7, 11) is 2.91. The first kappa shape index (κ1) is 15.2. The molecule has 0 bridgehead atoms. The van der Waals surface area contributed by atoms with E-state index in [9.17, 15) is 9.59 Å². The number of methoxy groups -OCH3 is 1. The molecule has 1 amide bonds. The molecule has 0 radical (unpaired) electrons. The number of nitrogens with zero attached hydrogens (tertiary/aromatic N) is 1. The average Bonchev–Trinajstić information content (AvgIpc) is 2.45. The van der Waals surface area contributed by atoms with Crippen molar-refractivity contribution in [2.75, 3.05) is 14.2 Å². The van der Waals surface area contributed by atoms with E-state index in [1.54, 1.807) is 7.05 Å². The van der Waals surface area contributed by atoms with Crippen molar-refractivity contribution in [3.8, 4) is 0 Å². The van der Waals surface area contributed by atoms with E-state index in [0.29, 0.717) is 13.0 Å².